The highest BCUT2D eigenvalue weighted by atomic mass is 16.5. The molecule has 1 aliphatic heterocycles. The molecule has 1 amide bonds. The van der Waals surface area contributed by atoms with Crippen LogP contribution in [0, 0.1) is 0 Å². The lowest BCUT2D eigenvalue weighted by molar-refractivity contribution is 0.0742. The summed E-state index contributed by atoms with van der Waals surface area (Å²) in [5.41, 5.74) is 2.20. The Morgan fingerprint density at radius 3 is 2.68 bits per heavy atom. The molecule has 0 radical (unpaired) electrons. The second-order valence-electron chi connectivity index (χ2n) is 6.75. The van der Waals surface area contributed by atoms with Crippen LogP contribution < -0.4 is 15.2 Å². The molecule has 0 bridgehead atoms. The molecule has 3 heterocycles. The summed E-state index contributed by atoms with van der Waals surface area (Å²) >= 11 is 0. The van der Waals surface area contributed by atoms with E-state index in [1.807, 2.05) is 12.1 Å². The Morgan fingerprint density at radius 2 is 1.93 bits per heavy atom. The summed E-state index contributed by atoms with van der Waals surface area (Å²) in [5.74, 6) is 0.184. The maximum Gasteiger partial charge on any atom is 0.259 e. The number of piperazine rings is 1. The fourth-order valence-electron chi connectivity index (χ4n) is 3.45. The monoisotopic (exact) mass is 379 g/mol. The largest absolute Gasteiger partial charge is 0.496 e. The maximum absolute atomic E-state index is 13.0. The van der Waals surface area contributed by atoms with Crippen molar-refractivity contribution in [3.8, 4) is 5.75 Å². The van der Waals surface area contributed by atoms with E-state index in [-0.39, 0.29) is 11.5 Å². The number of anilines is 1. The first-order valence-electron chi connectivity index (χ1n) is 9.05. The summed E-state index contributed by atoms with van der Waals surface area (Å²) < 4.78 is 6.63. The van der Waals surface area contributed by atoms with Gasteiger partial charge in [0, 0.05) is 62.8 Å². The van der Waals surface area contributed by atoms with Gasteiger partial charge in [-0.05, 0) is 18.2 Å². The summed E-state index contributed by atoms with van der Waals surface area (Å²) in [5, 5.41) is 0.994. The molecule has 2 aromatic heterocycles. The summed E-state index contributed by atoms with van der Waals surface area (Å²) in [4.78, 5) is 37.1. The third kappa shape index (κ3) is 3.28. The molecular formula is C20H21N5O3. The first-order valence-corrected chi connectivity index (χ1v) is 9.05. The van der Waals surface area contributed by atoms with Crippen LogP contribution in [0.25, 0.3) is 10.9 Å². The molecule has 0 N–H and O–H groups in total. The van der Waals surface area contributed by atoms with E-state index in [2.05, 4.69) is 20.9 Å². The van der Waals surface area contributed by atoms with E-state index in [0.29, 0.717) is 24.4 Å². The van der Waals surface area contributed by atoms with E-state index in [9.17, 15) is 9.59 Å². The zero-order chi connectivity index (χ0) is 19.7. The molecule has 1 fully saturated rings. The van der Waals surface area contributed by atoms with Gasteiger partial charge in [-0.1, -0.05) is 0 Å². The number of rotatable bonds is 3. The first kappa shape index (κ1) is 18.0. The van der Waals surface area contributed by atoms with Crippen molar-refractivity contribution < 1.29 is 9.53 Å². The van der Waals surface area contributed by atoms with Gasteiger partial charge in [0.05, 0.1) is 18.2 Å². The summed E-state index contributed by atoms with van der Waals surface area (Å²) in [6.07, 6.45) is 4.89. The van der Waals surface area contributed by atoms with E-state index < -0.39 is 0 Å². The fraction of sp³-hybridized carbons (Fsp3) is 0.300. The van der Waals surface area contributed by atoms with Gasteiger partial charge >= 0.3 is 0 Å². The lowest BCUT2D eigenvalue weighted by Gasteiger charge is -2.36. The second-order valence-corrected chi connectivity index (χ2v) is 6.75. The highest BCUT2D eigenvalue weighted by Gasteiger charge is 2.25. The van der Waals surface area contributed by atoms with E-state index in [1.54, 1.807) is 30.7 Å². The molecule has 4 rings (SSSR count). The summed E-state index contributed by atoms with van der Waals surface area (Å²) in [7, 11) is 3.09. The van der Waals surface area contributed by atoms with Gasteiger partial charge in [-0.2, -0.15) is 0 Å². The number of aryl methyl sites for hydroxylation is 1. The van der Waals surface area contributed by atoms with Crippen molar-refractivity contribution in [3.63, 3.8) is 0 Å². The highest BCUT2D eigenvalue weighted by molar-refractivity contribution is 5.96. The van der Waals surface area contributed by atoms with Crippen LogP contribution >= 0.6 is 0 Å². The van der Waals surface area contributed by atoms with Gasteiger partial charge < -0.3 is 19.1 Å². The number of ether oxygens (including phenoxy) is 1. The molecular weight excluding hydrogens is 358 g/mol. The topological polar surface area (TPSA) is 80.6 Å². The quantitative estimate of drug-likeness (QED) is 0.682. The van der Waals surface area contributed by atoms with Crippen LogP contribution in [0.3, 0.4) is 0 Å². The third-order valence-electron chi connectivity index (χ3n) is 5.06. The number of carbonyl (C=O) groups excluding carboxylic acids is 1. The molecule has 0 unspecified atom stereocenters. The lowest BCUT2D eigenvalue weighted by atomic mass is 10.1. The van der Waals surface area contributed by atoms with Crippen LogP contribution in [0.5, 0.6) is 5.75 Å². The Hall–Kier alpha value is -3.42. The van der Waals surface area contributed by atoms with Crippen LogP contribution in [-0.2, 0) is 7.05 Å². The maximum atomic E-state index is 13.0. The predicted octanol–water partition coefficient (Wildman–Crippen LogP) is 1.30. The number of carbonyl (C=O) groups is 1. The lowest BCUT2D eigenvalue weighted by Crippen LogP contribution is -2.49. The van der Waals surface area contributed by atoms with Crippen molar-refractivity contribution in [2.75, 3.05) is 38.2 Å². The van der Waals surface area contributed by atoms with Crippen LogP contribution in [0.2, 0.25) is 0 Å². The molecule has 28 heavy (non-hydrogen) atoms. The average molecular weight is 379 g/mol. The van der Waals surface area contributed by atoms with E-state index in [1.165, 1.54) is 17.7 Å². The number of hydrogen-bond donors (Lipinski definition) is 0. The number of nitrogens with zero attached hydrogens (tertiary/aromatic N) is 5. The molecule has 144 valence electrons. The van der Waals surface area contributed by atoms with Crippen LogP contribution in [-0.4, -0.2) is 58.6 Å². The van der Waals surface area contributed by atoms with Crippen molar-refractivity contribution >= 4 is 22.5 Å². The number of pyridine rings is 1. The van der Waals surface area contributed by atoms with Crippen molar-refractivity contribution in [1.29, 1.82) is 0 Å². The highest BCUT2D eigenvalue weighted by Crippen LogP contribution is 2.23. The Kier molecular flexibility index (Phi) is 4.68. The number of benzene rings is 1. The number of fused-ring (bicyclic) bond motifs is 1. The van der Waals surface area contributed by atoms with Gasteiger partial charge in [0.25, 0.3) is 11.5 Å². The summed E-state index contributed by atoms with van der Waals surface area (Å²) in [6, 6.07) is 7.45. The Balaban J connectivity index is 1.50. The number of hydrogen-bond acceptors (Lipinski definition) is 6. The van der Waals surface area contributed by atoms with Gasteiger partial charge in [0.2, 0.25) is 0 Å². The number of amides is 1. The molecule has 1 aliphatic rings. The molecule has 8 heteroatoms. The predicted molar refractivity (Wildman–Crippen MR) is 106 cm³/mol. The molecule has 0 aliphatic carbocycles. The minimum absolute atomic E-state index is 0.126. The Labute approximate surface area is 162 Å². The average Bonchev–Trinajstić information content (AvgIpc) is 2.74. The first-order chi connectivity index (χ1) is 13.6. The van der Waals surface area contributed by atoms with Crippen molar-refractivity contribution in [2.45, 2.75) is 0 Å². The minimum atomic E-state index is -0.210. The zero-order valence-corrected chi connectivity index (χ0v) is 15.8. The smallest absolute Gasteiger partial charge is 0.259 e. The van der Waals surface area contributed by atoms with Crippen molar-refractivity contribution in [2.24, 2.45) is 7.05 Å². The molecule has 1 aromatic carbocycles. The number of aromatic nitrogens is 3. The molecule has 3 aromatic rings. The van der Waals surface area contributed by atoms with Crippen LogP contribution in [0.1, 0.15) is 10.4 Å². The van der Waals surface area contributed by atoms with E-state index in [0.717, 1.165) is 29.7 Å². The Morgan fingerprint density at radius 1 is 1.14 bits per heavy atom. The van der Waals surface area contributed by atoms with Gasteiger partial charge in [0.15, 0.2) is 0 Å². The van der Waals surface area contributed by atoms with Gasteiger partial charge in [0.1, 0.15) is 12.1 Å². The van der Waals surface area contributed by atoms with Crippen LogP contribution in [0.15, 0.2) is 47.8 Å². The molecule has 0 atom stereocenters. The molecule has 8 nitrogen and oxygen atoms in total. The zero-order valence-electron chi connectivity index (χ0n) is 15.8. The summed E-state index contributed by atoms with van der Waals surface area (Å²) in [6.45, 7) is 2.63. The van der Waals surface area contributed by atoms with E-state index >= 15 is 0 Å². The Bertz CT molecular complexity index is 1090. The van der Waals surface area contributed by atoms with Crippen LogP contribution in [0.4, 0.5) is 5.69 Å². The normalized spacial score (nSPS) is 14.4. The third-order valence-corrected chi connectivity index (χ3v) is 5.06. The number of methoxy groups -OCH3 is 1. The minimum Gasteiger partial charge on any atom is -0.496 e. The second kappa shape index (κ2) is 7.30. The SMILES string of the molecule is COc1cc(=O)n(C)cc1C(=O)N1CCN(c2ccc3ncncc3c2)CC1. The molecule has 0 spiro atoms. The van der Waals surface area contributed by atoms with Gasteiger partial charge in [-0.25, -0.2) is 9.97 Å². The van der Waals surface area contributed by atoms with Gasteiger partial charge in [-0.15, -0.1) is 0 Å². The molecule has 1 saturated heterocycles. The van der Waals surface area contributed by atoms with Gasteiger partial charge in [-0.3, -0.25) is 9.59 Å². The molecule has 0 saturated carbocycles. The standard InChI is InChI=1S/C20H21N5O3/c1-23-12-16(18(28-2)10-19(23)26)20(27)25-7-5-24(6-8-25)15-3-4-17-14(9-15)11-21-13-22-17/h3-4,9-13H,5-8H2,1-2H3. The fourth-order valence-corrected chi connectivity index (χ4v) is 3.45. The van der Waals surface area contributed by atoms with E-state index in [4.69, 9.17) is 4.74 Å². The van der Waals surface area contributed by atoms with Crippen molar-refractivity contribution in [3.05, 3.63) is 58.9 Å². The van der Waals surface area contributed by atoms with Crippen molar-refractivity contribution in [1.82, 2.24) is 19.4 Å².